The van der Waals surface area contributed by atoms with E-state index in [9.17, 15) is 13.2 Å². The van der Waals surface area contributed by atoms with E-state index in [1.165, 1.54) is 12.2 Å². The van der Waals surface area contributed by atoms with Gasteiger partial charge >= 0.3 is 5.97 Å². The molecule has 1 aliphatic rings. The van der Waals surface area contributed by atoms with Crippen LogP contribution in [0.3, 0.4) is 0 Å². The fraction of sp³-hybridized carbons (Fsp3) is 0.393. The van der Waals surface area contributed by atoms with E-state index < -0.39 is 38.9 Å². The number of benzene rings is 1. The Labute approximate surface area is 250 Å². The molecule has 10 nitrogen and oxygen atoms in total. The fourth-order valence-electron chi connectivity index (χ4n) is 4.21. The molecule has 1 atom stereocenters. The van der Waals surface area contributed by atoms with Crippen molar-refractivity contribution in [1.29, 1.82) is 0 Å². The third-order valence-electron chi connectivity index (χ3n) is 6.00. The van der Waals surface area contributed by atoms with E-state index in [1.54, 1.807) is 39.0 Å². The van der Waals surface area contributed by atoms with Crippen molar-refractivity contribution in [2.45, 2.75) is 57.4 Å². The standard InChI is InChI=1S/C28H34Cl2N6O4S/c1-27(2,3)40-26(37)16-36(41(38,39)22-14-19(29)13-20(30)15-22)21-6-7-23-18(12-21)10-11-35(23)25-9-8-24(33-34-25)32-17-28(4,5)31/h6-14,22H,15-17,31H2,1-5H3,(H,32,33). The summed E-state index contributed by atoms with van der Waals surface area (Å²) in [6.07, 6.45) is 4.78. The molecular formula is C28H34Cl2N6O4S. The molecule has 0 radical (unpaired) electrons. The van der Waals surface area contributed by atoms with Crippen LogP contribution in [0.1, 0.15) is 41.0 Å². The minimum Gasteiger partial charge on any atom is -0.459 e. The van der Waals surface area contributed by atoms with Gasteiger partial charge in [-0.2, -0.15) is 0 Å². The molecule has 1 aliphatic carbocycles. The lowest BCUT2D eigenvalue weighted by Gasteiger charge is -2.30. The molecule has 1 aromatic carbocycles. The van der Waals surface area contributed by atoms with Gasteiger partial charge in [0.2, 0.25) is 10.0 Å². The Kier molecular flexibility index (Phi) is 8.75. The number of fused-ring (bicyclic) bond motifs is 1. The number of nitrogens with one attached hydrogen (secondary N) is 1. The summed E-state index contributed by atoms with van der Waals surface area (Å²) in [5.74, 6) is 0.487. The maximum Gasteiger partial charge on any atom is 0.327 e. The average Bonchev–Trinajstić information content (AvgIpc) is 3.27. The van der Waals surface area contributed by atoms with Gasteiger partial charge in [0, 0.05) is 40.2 Å². The second-order valence-corrected chi connectivity index (χ2v) is 14.6. The Morgan fingerprint density at radius 3 is 2.49 bits per heavy atom. The van der Waals surface area contributed by atoms with Gasteiger partial charge in [0.15, 0.2) is 5.82 Å². The zero-order valence-electron chi connectivity index (χ0n) is 23.6. The van der Waals surface area contributed by atoms with E-state index in [2.05, 4.69) is 15.5 Å². The number of ether oxygens (including phenoxy) is 1. The smallest absolute Gasteiger partial charge is 0.327 e. The second-order valence-electron chi connectivity index (χ2n) is 11.6. The fourth-order valence-corrected chi connectivity index (χ4v) is 6.73. The highest BCUT2D eigenvalue weighted by molar-refractivity contribution is 7.93. The molecule has 0 saturated heterocycles. The van der Waals surface area contributed by atoms with Crippen LogP contribution in [-0.2, 0) is 19.6 Å². The average molecular weight is 622 g/mol. The van der Waals surface area contributed by atoms with E-state index in [0.29, 0.717) is 28.9 Å². The van der Waals surface area contributed by atoms with Crippen molar-refractivity contribution in [3.05, 3.63) is 64.8 Å². The highest BCUT2D eigenvalue weighted by Gasteiger charge is 2.35. The van der Waals surface area contributed by atoms with Crippen LogP contribution >= 0.6 is 23.2 Å². The molecule has 2 aromatic heterocycles. The highest BCUT2D eigenvalue weighted by atomic mass is 35.5. The molecule has 0 bridgehead atoms. The van der Waals surface area contributed by atoms with Gasteiger partial charge < -0.3 is 15.8 Å². The number of allylic oxidation sites excluding steroid dienone is 3. The first-order valence-electron chi connectivity index (χ1n) is 13.0. The topological polar surface area (TPSA) is 132 Å². The van der Waals surface area contributed by atoms with Crippen molar-refractivity contribution < 1.29 is 17.9 Å². The molecule has 0 saturated carbocycles. The quantitative estimate of drug-likeness (QED) is 0.317. The molecule has 4 rings (SSSR count). The Morgan fingerprint density at radius 2 is 1.88 bits per heavy atom. The van der Waals surface area contributed by atoms with Crippen molar-refractivity contribution in [3.63, 3.8) is 0 Å². The minimum absolute atomic E-state index is 0.0375. The lowest BCUT2D eigenvalue weighted by Crippen LogP contribution is -2.43. The summed E-state index contributed by atoms with van der Waals surface area (Å²) >= 11 is 12.3. The van der Waals surface area contributed by atoms with Crippen LogP contribution in [-0.4, -0.2) is 58.6 Å². The first-order valence-corrected chi connectivity index (χ1v) is 15.2. The summed E-state index contributed by atoms with van der Waals surface area (Å²) < 4.78 is 36.1. The van der Waals surface area contributed by atoms with Crippen LogP contribution < -0.4 is 15.4 Å². The molecule has 0 fully saturated rings. The molecular weight excluding hydrogens is 587 g/mol. The number of nitrogens with two attached hydrogens (primary N) is 1. The van der Waals surface area contributed by atoms with Crippen molar-refractivity contribution in [2.75, 3.05) is 22.7 Å². The number of rotatable bonds is 9. The van der Waals surface area contributed by atoms with E-state index in [-0.39, 0.29) is 11.5 Å². The number of carbonyl (C=O) groups excluding carboxylic acids is 1. The molecule has 3 aromatic rings. The van der Waals surface area contributed by atoms with Crippen molar-refractivity contribution in [3.8, 4) is 5.82 Å². The van der Waals surface area contributed by atoms with Gasteiger partial charge in [-0.05, 0) is 83.2 Å². The molecule has 1 unspecified atom stereocenters. The number of halogens is 2. The highest BCUT2D eigenvalue weighted by Crippen LogP contribution is 2.33. The van der Waals surface area contributed by atoms with Gasteiger partial charge in [0.1, 0.15) is 23.2 Å². The number of aromatic nitrogens is 3. The molecule has 41 heavy (non-hydrogen) atoms. The summed E-state index contributed by atoms with van der Waals surface area (Å²) in [6, 6.07) is 10.6. The molecule has 0 spiro atoms. The van der Waals surface area contributed by atoms with Gasteiger partial charge in [0.05, 0.1) is 11.2 Å². The number of hydrogen-bond acceptors (Lipinski definition) is 8. The van der Waals surface area contributed by atoms with Crippen molar-refractivity contribution in [2.24, 2.45) is 5.73 Å². The van der Waals surface area contributed by atoms with Crippen LogP contribution in [0.15, 0.2) is 64.8 Å². The number of esters is 1. The maximum atomic E-state index is 13.9. The first-order chi connectivity index (χ1) is 19.0. The lowest BCUT2D eigenvalue weighted by molar-refractivity contribution is -0.152. The molecule has 3 N–H and O–H groups in total. The molecule has 2 heterocycles. The van der Waals surface area contributed by atoms with Gasteiger partial charge in [-0.3, -0.25) is 13.7 Å². The molecule has 0 aliphatic heterocycles. The van der Waals surface area contributed by atoms with E-state index >= 15 is 0 Å². The normalized spacial score (nSPS) is 16.2. The van der Waals surface area contributed by atoms with Gasteiger partial charge in [0.25, 0.3) is 0 Å². The van der Waals surface area contributed by atoms with Gasteiger partial charge in [-0.25, -0.2) is 8.42 Å². The van der Waals surface area contributed by atoms with E-state index in [0.717, 1.165) is 15.2 Å². The largest absolute Gasteiger partial charge is 0.459 e. The van der Waals surface area contributed by atoms with Gasteiger partial charge in [-0.15, -0.1) is 10.2 Å². The monoisotopic (exact) mass is 620 g/mol. The number of nitrogens with zero attached hydrogens (tertiary/aromatic N) is 4. The lowest BCUT2D eigenvalue weighted by atomic mass is 10.1. The Balaban J connectivity index is 1.67. The third-order valence-corrected chi connectivity index (χ3v) is 8.52. The Morgan fingerprint density at radius 1 is 1.15 bits per heavy atom. The maximum absolute atomic E-state index is 13.9. The predicted octanol–water partition coefficient (Wildman–Crippen LogP) is 5.07. The zero-order chi connectivity index (χ0) is 30.2. The van der Waals surface area contributed by atoms with E-state index in [4.69, 9.17) is 33.7 Å². The molecule has 0 amide bonds. The molecule has 220 valence electrons. The number of sulfonamides is 1. The Hall–Kier alpha value is -3.12. The van der Waals surface area contributed by atoms with Crippen molar-refractivity contribution in [1.82, 2.24) is 14.8 Å². The number of hydrogen-bond donors (Lipinski definition) is 2. The Bertz CT molecular complexity index is 1600. The number of carbonyl (C=O) groups is 1. The second kappa shape index (κ2) is 11.6. The van der Waals surface area contributed by atoms with Crippen LogP contribution in [0.4, 0.5) is 11.5 Å². The summed E-state index contributed by atoms with van der Waals surface area (Å²) in [7, 11) is -4.13. The van der Waals surface area contributed by atoms with E-state index in [1.807, 2.05) is 42.8 Å². The SMILES string of the molecule is CC(C)(N)CNc1ccc(-n2ccc3cc(N(CC(=O)OC(C)(C)C)S(=O)(=O)C4C=C(Cl)C=C(Cl)C4)ccc32)nn1. The van der Waals surface area contributed by atoms with Crippen LogP contribution in [0.2, 0.25) is 0 Å². The summed E-state index contributed by atoms with van der Waals surface area (Å²) in [6.45, 7) is 8.99. The first kappa shape index (κ1) is 30.8. The molecule has 13 heteroatoms. The summed E-state index contributed by atoms with van der Waals surface area (Å²) in [5.41, 5.74) is 5.90. The predicted molar refractivity (Wildman–Crippen MR) is 164 cm³/mol. The van der Waals surface area contributed by atoms with Gasteiger partial charge in [-0.1, -0.05) is 23.2 Å². The van der Waals surface area contributed by atoms with Crippen LogP contribution in [0.25, 0.3) is 16.7 Å². The van der Waals surface area contributed by atoms with Crippen LogP contribution in [0.5, 0.6) is 0 Å². The minimum atomic E-state index is -4.13. The third kappa shape index (κ3) is 7.79. The zero-order valence-corrected chi connectivity index (χ0v) is 25.9. The summed E-state index contributed by atoms with van der Waals surface area (Å²) in [4.78, 5) is 12.8. The number of anilines is 2. The summed E-state index contributed by atoms with van der Waals surface area (Å²) in [5, 5.41) is 11.9. The van der Waals surface area contributed by atoms with Crippen molar-refractivity contribution >= 4 is 61.6 Å². The van der Waals surface area contributed by atoms with Crippen LogP contribution in [0, 0.1) is 0 Å².